The van der Waals surface area contributed by atoms with Crippen LogP contribution in [0.2, 0.25) is 18.1 Å². The van der Waals surface area contributed by atoms with Gasteiger partial charge in [0.15, 0.2) is 8.32 Å². The summed E-state index contributed by atoms with van der Waals surface area (Å²) in [5.74, 6) is -0.637. The molecule has 104 valence electrons. The molecule has 0 radical (unpaired) electrons. The van der Waals surface area contributed by atoms with Gasteiger partial charge in [-0.1, -0.05) is 32.4 Å². The predicted octanol–water partition coefficient (Wildman–Crippen LogP) is 4.19. The fourth-order valence-electron chi connectivity index (χ4n) is 1.16. The van der Waals surface area contributed by atoms with E-state index in [0.29, 0.717) is 5.57 Å². The SMILES string of the molecule is CC(C)(C)[Si](C)(C)OC1OC(=O)C(Cl)=C1C(Cl)Cl. The summed E-state index contributed by atoms with van der Waals surface area (Å²) >= 11 is 17.4. The van der Waals surface area contributed by atoms with Crippen molar-refractivity contribution in [2.45, 2.75) is 50.0 Å². The number of alkyl halides is 2. The molecule has 1 heterocycles. The van der Waals surface area contributed by atoms with Crippen molar-refractivity contribution in [1.82, 2.24) is 0 Å². The van der Waals surface area contributed by atoms with E-state index in [4.69, 9.17) is 44.0 Å². The van der Waals surface area contributed by atoms with Crippen LogP contribution in [0.25, 0.3) is 0 Å². The molecule has 1 aliphatic heterocycles. The smallest absolute Gasteiger partial charge is 0.352 e. The van der Waals surface area contributed by atoms with Crippen LogP contribution in [0.4, 0.5) is 0 Å². The number of cyclic esters (lactones) is 1. The molecular weight excluding hydrogens is 315 g/mol. The molecule has 1 aliphatic rings. The highest BCUT2D eigenvalue weighted by Gasteiger charge is 2.45. The van der Waals surface area contributed by atoms with E-state index in [1.807, 2.05) is 13.1 Å². The van der Waals surface area contributed by atoms with Crippen LogP contribution >= 0.6 is 34.8 Å². The van der Waals surface area contributed by atoms with Crippen molar-refractivity contribution in [2.24, 2.45) is 0 Å². The highest BCUT2D eigenvalue weighted by Crippen LogP contribution is 2.41. The zero-order valence-corrected chi connectivity index (χ0v) is 14.3. The maximum absolute atomic E-state index is 11.4. The first-order valence-electron chi connectivity index (χ1n) is 5.54. The van der Waals surface area contributed by atoms with Crippen LogP contribution in [0.3, 0.4) is 0 Å². The molecule has 0 aromatic heterocycles. The summed E-state index contributed by atoms with van der Waals surface area (Å²) in [5, 5.41) is -0.0954. The van der Waals surface area contributed by atoms with Crippen LogP contribution in [0.15, 0.2) is 10.6 Å². The van der Waals surface area contributed by atoms with Gasteiger partial charge in [0.25, 0.3) is 0 Å². The van der Waals surface area contributed by atoms with Crippen LogP contribution in [0.5, 0.6) is 0 Å². The summed E-state index contributed by atoms with van der Waals surface area (Å²) < 4.78 is 11.0. The molecule has 0 fully saturated rings. The quantitative estimate of drug-likeness (QED) is 0.442. The van der Waals surface area contributed by atoms with Crippen molar-refractivity contribution in [1.29, 1.82) is 0 Å². The molecule has 0 aromatic rings. The van der Waals surface area contributed by atoms with Gasteiger partial charge in [-0.3, -0.25) is 0 Å². The van der Waals surface area contributed by atoms with Gasteiger partial charge in [0.1, 0.15) is 9.87 Å². The second kappa shape index (κ2) is 5.33. The minimum absolute atomic E-state index is 0.0201. The monoisotopic (exact) mass is 330 g/mol. The average molecular weight is 332 g/mol. The van der Waals surface area contributed by atoms with Crippen LogP contribution in [0, 0.1) is 0 Å². The number of hydrogen-bond donors (Lipinski definition) is 0. The molecule has 7 heteroatoms. The molecule has 0 aliphatic carbocycles. The number of esters is 1. The number of carbonyl (C=O) groups is 1. The molecule has 0 aromatic carbocycles. The van der Waals surface area contributed by atoms with Crippen molar-refractivity contribution < 1.29 is 14.0 Å². The third-order valence-electron chi connectivity index (χ3n) is 3.34. The molecule has 0 bridgehead atoms. The molecule has 0 saturated heterocycles. The summed E-state index contributed by atoms with van der Waals surface area (Å²) in [7, 11) is -2.10. The Hall–Kier alpha value is 0.257. The summed E-state index contributed by atoms with van der Waals surface area (Å²) in [6.07, 6.45) is -0.870. The van der Waals surface area contributed by atoms with Crippen molar-refractivity contribution >= 4 is 49.1 Å². The van der Waals surface area contributed by atoms with Gasteiger partial charge < -0.3 is 9.16 Å². The van der Waals surface area contributed by atoms with Gasteiger partial charge in [0, 0.05) is 0 Å². The van der Waals surface area contributed by atoms with Gasteiger partial charge in [-0.2, -0.15) is 0 Å². The van der Waals surface area contributed by atoms with Gasteiger partial charge in [-0.05, 0) is 18.1 Å². The number of rotatable bonds is 3. The lowest BCUT2D eigenvalue weighted by molar-refractivity contribution is -0.149. The van der Waals surface area contributed by atoms with Gasteiger partial charge in [0.05, 0.1) is 5.57 Å². The van der Waals surface area contributed by atoms with Gasteiger partial charge in [-0.25, -0.2) is 4.79 Å². The first-order chi connectivity index (χ1) is 7.97. The normalized spacial score (nSPS) is 21.8. The molecule has 0 N–H and O–H groups in total. The van der Waals surface area contributed by atoms with E-state index < -0.39 is 25.4 Å². The van der Waals surface area contributed by atoms with Gasteiger partial charge in [0.2, 0.25) is 6.29 Å². The molecule has 0 spiro atoms. The molecule has 3 nitrogen and oxygen atoms in total. The van der Waals surface area contributed by atoms with E-state index in [9.17, 15) is 4.79 Å². The Balaban J connectivity index is 2.97. The molecule has 1 atom stereocenters. The molecule has 1 unspecified atom stereocenters. The first kappa shape index (κ1) is 16.3. The molecule has 1 rings (SSSR count). The number of halogens is 3. The summed E-state index contributed by atoms with van der Waals surface area (Å²) in [6.45, 7) is 10.3. The third kappa shape index (κ3) is 3.22. The van der Waals surface area contributed by atoms with Gasteiger partial charge >= 0.3 is 5.97 Å². The van der Waals surface area contributed by atoms with Crippen molar-refractivity contribution in [3.8, 4) is 0 Å². The third-order valence-corrected chi connectivity index (χ3v) is 8.60. The number of hydrogen-bond acceptors (Lipinski definition) is 3. The van der Waals surface area contributed by atoms with Crippen LogP contribution in [-0.4, -0.2) is 25.4 Å². The van der Waals surface area contributed by atoms with E-state index in [1.165, 1.54) is 0 Å². The number of ether oxygens (including phenoxy) is 1. The van der Waals surface area contributed by atoms with Crippen molar-refractivity contribution in [3.63, 3.8) is 0 Å². The fourth-order valence-corrected chi connectivity index (χ4v) is 3.01. The highest BCUT2D eigenvalue weighted by molar-refractivity contribution is 6.74. The molecule has 0 saturated carbocycles. The maximum atomic E-state index is 11.4. The Labute approximate surface area is 123 Å². The maximum Gasteiger partial charge on any atom is 0.352 e. The van der Waals surface area contributed by atoms with E-state index >= 15 is 0 Å². The summed E-state index contributed by atoms with van der Waals surface area (Å²) in [6, 6.07) is 0. The number of carbonyl (C=O) groups excluding carboxylic acids is 1. The van der Waals surface area contributed by atoms with E-state index in [0.717, 1.165) is 0 Å². The van der Waals surface area contributed by atoms with E-state index in [-0.39, 0.29) is 10.1 Å². The molecular formula is C11H17Cl3O3Si. The Bertz CT molecular complexity index is 385. The molecule has 18 heavy (non-hydrogen) atoms. The zero-order chi connectivity index (χ0) is 14.3. The lowest BCUT2D eigenvalue weighted by Crippen LogP contribution is -2.45. The lowest BCUT2D eigenvalue weighted by atomic mass is 10.2. The van der Waals surface area contributed by atoms with Crippen molar-refractivity contribution in [2.75, 3.05) is 0 Å². The second-order valence-corrected chi connectivity index (χ2v) is 11.9. The van der Waals surface area contributed by atoms with E-state index in [1.54, 1.807) is 0 Å². The first-order valence-corrected chi connectivity index (χ1v) is 9.70. The summed E-state index contributed by atoms with van der Waals surface area (Å²) in [4.78, 5) is 10.5. The lowest BCUT2D eigenvalue weighted by Gasteiger charge is -2.38. The Kier molecular flexibility index (Phi) is 4.83. The van der Waals surface area contributed by atoms with Crippen molar-refractivity contribution in [3.05, 3.63) is 10.6 Å². The molecule has 0 amide bonds. The highest BCUT2D eigenvalue weighted by atomic mass is 35.5. The predicted molar refractivity (Wildman–Crippen MR) is 76.5 cm³/mol. The fraction of sp³-hybridized carbons (Fsp3) is 0.727. The van der Waals surface area contributed by atoms with Gasteiger partial charge in [-0.15, -0.1) is 23.2 Å². The van der Waals surface area contributed by atoms with Crippen LogP contribution in [0.1, 0.15) is 20.8 Å². The topological polar surface area (TPSA) is 35.5 Å². The van der Waals surface area contributed by atoms with E-state index in [2.05, 4.69) is 20.8 Å². The Morgan fingerprint density at radius 3 is 2.22 bits per heavy atom. The average Bonchev–Trinajstić information content (AvgIpc) is 2.39. The zero-order valence-electron chi connectivity index (χ0n) is 11.0. The van der Waals surface area contributed by atoms with Crippen LogP contribution < -0.4 is 0 Å². The summed E-state index contributed by atoms with van der Waals surface area (Å²) in [5.41, 5.74) is 0.301. The van der Waals surface area contributed by atoms with Crippen LogP contribution in [-0.2, 0) is 14.0 Å². The Morgan fingerprint density at radius 1 is 1.33 bits per heavy atom. The Morgan fingerprint density at radius 2 is 1.83 bits per heavy atom. The largest absolute Gasteiger partial charge is 0.428 e. The second-order valence-electron chi connectivity index (χ2n) is 5.69. The minimum Gasteiger partial charge on any atom is -0.428 e. The minimum atomic E-state index is -2.10. The standard InChI is InChI=1S/C11H17Cl3O3Si/c1-11(2,3)18(4,5)17-10-6(8(13)14)7(12)9(15)16-10/h8,10H,1-5H3.